The van der Waals surface area contributed by atoms with E-state index in [1.54, 1.807) is 45.5 Å². The Kier molecular flexibility index (Phi) is 6.93. The summed E-state index contributed by atoms with van der Waals surface area (Å²) in [7, 11) is 4.76. The van der Waals surface area contributed by atoms with Crippen LogP contribution < -0.4 is 25.0 Å². The molecular weight excluding hydrogens is 468 g/mol. The number of fused-ring (bicyclic) bond motifs is 1. The first kappa shape index (κ1) is 24.1. The first-order valence-corrected chi connectivity index (χ1v) is 11.2. The van der Waals surface area contributed by atoms with Crippen molar-refractivity contribution >= 4 is 40.6 Å². The SMILES string of the molecule is COc1cc(C)cc(OC)c1C1=NC(NC(=O)Nc2ccccc2Cl)C(=O)N(C)c2ccccc21. The smallest absolute Gasteiger partial charge is 0.321 e. The molecule has 8 nitrogen and oxygen atoms in total. The van der Waals surface area contributed by atoms with E-state index in [4.69, 9.17) is 26.1 Å². The van der Waals surface area contributed by atoms with Crippen molar-refractivity contribution in [2.24, 2.45) is 4.99 Å². The summed E-state index contributed by atoms with van der Waals surface area (Å²) in [6.07, 6.45) is -1.22. The quantitative estimate of drug-likeness (QED) is 0.543. The number of carbonyl (C=O) groups is 2. The number of aryl methyl sites for hydroxylation is 1. The number of likely N-dealkylation sites (N-methyl/N-ethyl adjacent to an activating group) is 1. The number of rotatable bonds is 5. The number of benzodiazepines with no additional fused rings is 1. The molecule has 3 aromatic rings. The molecule has 4 rings (SSSR count). The van der Waals surface area contributed by atoms with Crippen molar-refractivity contribution in [2.45, 2.75) is 13.1 Å². The standard InChI is InChI=1S/C26H25ClN4O4/c1-15-13-20(34-3)22(21(14-15)35-4)23-16-9-5-8-12-19(16)31(2)25(32)24(29-23)30-26(33)28-18-11-7-6-10-17(18)27/h5-14,24H,1-4H3,(H2,28,30,33). The van der Waals surface area contributed by atoms with Crippen LogP contribution in [0.3, 0.4) is 0 Å². The molecule has 9 heteroatoms. The van der Waals surface area contributed by atoms with Crippen LogP contribution in [-0.4, -0.2) is 45.1 Å². The molecule has 35 heavy (non-hydrogen) atoms. The van der Waals surface area contributed by atoms with E-state index in [1.165, 1.54) is 4.90 Å². The van der Waals surface area contributed by atoms with Gasteiger partial charge in [-0.2, -0.15) is 0 Å². The zero-order valence-corrected chi connectivity index (χ0v) is 20.5. The average molecular weight is 493 g/mol. The molecule has 0 fully saturated rings. The van der Waals surface area contributed by atoms with Gasteiger partial charge in [0.05, 0.1) is 41.9 Å². The van der Waals surface area contributed by atoms with Crippen molar-refractivity contribution in [3.05, 3.63) is 82.4 Å². The minimum absolute atomic E-state index is 0.373. The molecule has 180 valence electrons. The molecule has 1 atom stereocenters. The number of para-hydroxylation sites is 2. The summed E-state index contributed by atoms with van der Waals surface area (Å²) in [5.41, 5.74) is 3.71. The molecule has 3 aromatic carbocycles. The Morgan fingerprint density at radius 3 is 2.31 bits per heavy atom. The number of amides is 3. The molecule has 0 radical (unpaired) electrons. The van der Waals surface area contributed by atoms with Gasteiger partial charge < -0.3 is 25.0 Å². The highest BCUT2D eigenvalue weighted by atomic mass is 35.5. The van der Waals surface area contributed by atoms with Crippen molar-refractivity contribution < 1.29 is 19.1 Å². The van der Waals surface area contributed by atoms with E-state index < -0.39 is 18.1 Å². The van der Waals surface area contributed by atoms with Gasteiger partial charge in [-0.3, -0.25) is 4.79 Å². The molecule has 0 saturated carbocycles. The number of benzene rings is 3. The zero-order valence-electron chi connectivity index (χ0n) is 19.8. The summed E-state index contributed by atoms with van der Waals surface area (Å²) in [4.78, 5) is 32.4. The highest BCUT2D eigenvalue weighted by molar-refractivity contribution is 6.33. The fourth-order valence-electron chi connectivity index (χ4n) is 3.94. The van der Waals surface area contributed by atoms with Crippen LogP contribution in [0.2, 0.25) is 5.02 Å². The van der Waals surface area contributed by atoms with Crippen LogP contribution in [0.15, 0.2) is 65.7 Å². The number of urea groups is 1. The Labute approximate surface area is 208 Å². The second kappa shape index (κ2) is 10.1. The molecule has 0 spiro atoms. The van der Waals surface area contributed by atoms with Crippen molar-refractivity contribution in [1.29, 1.82) is 0 Å². The zero-order chi connectivity index (χ0) is 25.1. The lowest BCUT2D eigenvalue weighted by Gasteiger charge is -2.21. The number of aliphatic imine (C=N–C) groups is 1. The largest absolute Gasteiger partial charge is 0.496 e. The van der Waals surface area contributed by atoms with E-state index in [1.807, 2.05) is 43.3 Å². The maximum atomic E-state index is 13.4. The van der Waals surface area contributed by atoms with Crippen molar-refractivity contribution in [1.82, 2.24) is 5.32 Å². The van der Waals surface area contributed by atoms with Gasteiger partial charge >= 0.3 is 6.03 Å². The molecule has 2 N–H and O–H groups in total. The van der Waals surface area contributed by atoms with Crippen LogP contribution in [-0.2, 0) is 4.79 Å². The average Bonchev–Trinajstić information content (AvgIpc) is 2.95. The molecule has 3 amide bonds. The lowest BCUT2D eigenvalue weighted by Crippen LogP contribution is -2.47. The fraction of sp³-hybridized carbons (Fsp3) is 0.192. The molecule has 1 aliphatic heterocycles. The van der Waals surface area contributed by atoms with Gasteiger partial charge in [0.2, 0.25) is 6.17 Å². The number of nitrogens with one attached hydrogen (secondary N) is 2. The summed E-state index contributed by atoms with van der Waals surface area (Å²) >= 11 is 6.16. The Morgan fingerprint density at radius 2 is 1.66 bits per heavy atom. The number of carbonyl (C=O) groups excluding carboxylic acids is 2. The molecule has 1 unspecified atom stereocenters. The van der Waals surface area contributed by atoms with Crippen LogP contribution >= 0.6 is 11.6 Å². The van der Waals surface area contributed by atoms with E-state index in [0.717, 1.165) is 5.56 Å². The lowest BCUT2D eigenvalue weighted by molar-refractivity contribution is -0.119. The molecule has 0 saturated heterocycles. The third kappa shape index (κ3) is 4.79. The molecular formula is C26H25ClN4O4. The van der Waals surface area contributed by atoms with Gasteiger partial charge in [0, 0.05) is 12.6 Å². The van der Waals surface area contributed by atoms with E-state index >= 15 is 0 Å². The van der Waals surface area contributed by atoms with Gasteiger partial charge in [-0.25, -0.2) is 9.79 Å². The fourth-order valence-corrected chi connectivity index (χ4v) is 4.12. The van der Waals surface area contributed by atoms with Gasteiger partial charge in [-0.15, -0.1) is 0 Å². The molecule has 0 aliphatic carbocycles. The Hall–Kier alpha value is -4.04. The first-order chi connectivity index (χ1) is 16.8. The number of halogens is 1. The van der Waals surface area contributed by atoms with E-state index in [0.29, 0.717) is 44.7 Å². The predicted molar refractivity (Wildman–Crippen MR) is 137 cm³/mol. The molecule has 0 bridgehead atoms. The number of hydrogen-bond donors (Lipinski definition) is 2. The highest BCUT2D eigenvalue weighted by Crippen LogP contribution is 2.36. The van der Waals surface area contributed by atoms with Crippen molar-refractivity contribution in [3.8, 4) is 11.5 Å². The molecule has 1 heterocycles. The number of hydrogen-bond acceptors (Lipinski definition) is 5. The topological polar surface area (TPSA) is 92.3 Å². The third-order valence-electron chi connectivity index (χ3n) is 5.62. The Balaban J connectivity index is 1.83. The van der Waals surface area contributed by atoms with E-state index in [9.17, 15) is 9.59 Å². The van der Waals surface area contributed by atoms with Crippen LogP contribution in [0.4, 0.5) is 16.2 Å². The minimum atomic E-state index is -1.22. The summed E-state index contributed by atoms with van der Waals surface area (Å²) in [5.74, 6) is 0.658. The highest BCUT2D eigenvalue weighted by Gasteiger charge is 2.33. The maximum absolute atomic E-state index is 13.4. The first-order valence-electron chi connectivity index (χ1n) is 10.8. The van der Waals surface area contributed by atoms with Gasteiger partial charge in [-0.05, 0) is 42.8 Å². The predicted octanol–water partition coefficient (Wildman–Crippen LogP) is 4.63. The lowest BCUT2D eigenvalue weighted by atomic mass is 9.97. The summed E-state index contributed by atoms with van der Waals surface area (Å²) < 4.78 is 11.3. The van der Waals surface area contributed by atoms with Gasteiger partial charge in [0.15, 0.2) is 0 Å². The number of nitrogens with zero attached hydrogens (tertiary/aromatic N) is 2. The Morgan fingerprint density at radius 1 is 1.03 bits per heavy atom. The molecule has 0 aromatic heterocycles. The number of methoxy groups -OCH3 is 2. The summed E-state index contributed by atoms with van der Waals surface area (Å²) in [6.45, 7) is 1.93. The third-order valence-corrected chi connectivity index (χ3v) is 5.95. The molecule has 1 aliphatic rings. The van der Waals surface area contributed by atoms with Gasteiger partial charge in [0.1, 0.15) is 11.5 Å². The maximum Gasteiger partial charge on any atom is 0.321 e. The number of anilines is 2. The Bertz CT molecular complexity index is 1300. The van der Waals surface area contributed by atoms with Crippen LogP contribution in [0.25, 0.3) is 0 Å². The monoisotopic (exact) mass is 492 g/mol. The van der Waals surface area contributed by atoms with Crippen molar-refractivity contribution in [2.75, 3.05) is 31.5 Å². The van der Waals surface area contributed by atoms with E-state index in [2.05, 4.69) is 10.6 Å². The van der Waals surface area contributed by atoms with Crippen molar-refractivity contribution in [3.63, 3.8) is 0 Å². The van der Waals surface area contributed by atoms with Crippen LogP contribution in [0.5, 0.6) is 11.5 Å². The minimum Gasteiger partial charge on any atom is -0.496 e. The van der Waals surface area contributed by atoms with Gasteiger partial charge in [-0.1, -0.05) is 41.9 Å². The normalized spacial score (nSPS) is 15.0. The second-order valence-corrected chi connectivity index (χ2v) is 8.32. The van der Waals surface area contributed by atoms with Gasteiger partial charge in [0.25, 0.3) is 5.91 Å². The summed E-state index contributed by atoms with van der Waals surface area (Å²) in [5, 5.41) is 5.71. The second-order valence-electron chi connectivity index (χ2n) is 7.92. The van der Waals surface area contributed by atoms with Crippen LogP contribution in [0.1, 0.15) is 16.7 Å². The van der Waals surface area contributed by atoms with E-state index in [-0.39, 0.29) is 0 Å². The summed E-state index contributed by atoms with van der Waals surface area (Å²) in [6, 6.07) is 17.3. The number of ether oxygens (including phenoxy) is 2. The van der Waals surface area contributed by atoms with Crippen LogP contribution in [0, 0.1) is 6.92 Å².